The number of rotatable bonds is 4. The molecular formula is C20H20N2O2. The fourth-order valence-corrected chi connectivity index (χ4v) is 2.68. The summed E-state index contributed by atoms with van der Waals surface area (Å²) in [6.45, 7) is 1.37. The van der Waals surface area contributed by atoms with E-state index in [-0.39, 0.29) is 5.91 Å². The summed E-state index contributed by atoms with van der Waals surface area (Å²) in [4.78, 5) is 18.2. The van der Waals surface area contributed by atoms with Gasteiger partial charge in [-0.15, -0.1) is 0 Å². The van der Waals surface area contributed by atoms with Crippen molar-refractivity contribution in [2.45, 2.75) is 6.42 Å². The summed E-state index contributed by atoms with van der Waals surface area (Å²) in [5.74, 6) is 0.886. The highest BCUT2D eigenvalue weighted by Crippen LogP contribution is 2.24. The second-order valence-corrected chi connectivity index (χ2v) is 5.61. The maximum Gasteiger partial charge on any atom is 0.246 e. The Morgan fingerprint density at radius 1 is 1.25 bits per heavy atom. The summed E-state index contributed by atoms with van der Waals surface area (Å²) < 4.78 is 5.18. The number of nitrogens with zero attached hydrogens (tertiary/aromatic N) is 2. The Morgan fingerprint density at radius 3 is 2.71 bits per heavy atom. The highest BCUT2D eigenvalue weighted by Gasteiger charge is 2.16. The first-order valence-corrected chi connectivity index (χ1v) is 7.97. The van der Waals surface area contributed by atoms with Crippen LogP contribution in [0.25, 0.3) is 11.6 Å². The van der Waals surface area contributed by atoms with Crippen LogP contribution in [0.5, 0.6) is 5.75 Å². The molecule has 4 heteroatoms. The number of hydrogen-bond acceptors (Lipinski definition) is 3. The molecule has 0 N–H and O–H groups in total. The van der Waals surface area contributed by atoms with Gasteiger partial charge in [-0.2, -0.15) is 0 Å². The molecule has 0 aliphatic carbocycles. The molecule has 1 aliphatic heterocycles. The highest BCUT2D eigenvalue weighted by molar-refractivity contribution is 5.92. The Labute approximate surface area is 142 Å². The summed E-state index contributed by atoms with van der Waals surface area (Å²) >= 11 is 0. The summed E-state index contributed by atoms with van der Waals surface area (Å²) in [5, 5.41) is 0. The highest BCUT2D eigenvalue weighted by atomic mass is 16.5. The predicted octanol–water partition coefficient (Wildman–Crippen LogP) is 3.42. The number of aromatic nitrogens is 1. The van der Waals surface area contributed by atoms with E-state index < -0.39 is 0 Å². The number of pyridine rings is 1. The largest absolute Gasteiger partial charge is 0.497 e. The Balaban J connectivity index is 1.61. The van der Waals surface area contributed by atoms with Crippen LogP contribution in [-0.4, -0.2) is 36.0 Å². The zero-order valence-electron chi connectivity index (χ0n) is 13.7. The van der Waals surface area contributed by atoms with Crippen LogP contribution in [0, 0.1) is 0 Å². The van der Waals surface area contributed by atoms with E-state index in [4.69, 9.17) is 4.74 Å². The van der Waals surface area contributed by atoms with Crippen molar-refractivity contribution in [2.24, 2.45) is 0 Å². The monoisotopic (exact) mass is 320 g/mol. The van der Waals surface area contributed by atoms with Gasteiger partial charge in [0, 0.05) is 31.6 Å². The third kappa shape index (κ3) is 3.90. The van der Waals surface area contributed by atoms with Crippen LogP contribution < -0.4 is 4.74 Å². The number of carbonyl (C=O) groups excluding carboxylic acids is 1. The molecule has 0 radical (unpaired) electrons. The Hall–Kier alpha value is -2.88. The molecule has 0 bridgehead atoms. The Morgan fingerprint density at radius 2 is 2.08 bits per heavy atom. The second-order valence-electron chi connectivity index (χ2n) is 5.61. The van der Waals surface area contributed by atoms with Gasteiger partial charge in [0.25, 0.3) is 0 Å². The van der Waals surface area contributed by atoms with Gasteiger partial charge in [0.2, 0.25) is 5.91 Å². The molecule has 2 heterocycles. The normalized spacial score (nSPS) is 14.5. The van der Waals surface area contributed by atoms with Gasteiger partial charge in [-0.05, 0) is 47.4 Å². The van der Waals surface area contributed by atoms with Crippen molar-refractivity contribution in [1.82, 2.24) is 9.88 Å². The summed E-state index contributed by atoms with van der Waals surface area (Å²) in [6, 6.07) is 11.8. The molecule has 0 saturated heterocycles. The Bertz CT molecular complexity index is 749. The van der Waals surface area contributed by atoms with Gasteiger partial charge in [0.15, 0.2) is 0 Å². The van der Waals surface area contributed by atoms with E-state index in [1.165, 1.54) is 11.1 Å². The van der Waals surface area contributed by atoms with Crippen molar-refractivity contribution < 1.29 is 9.53 Å². The number of amides is 1. The summed E-state index contributed by atoms with van der Waals surface area (Å²) in [6.07, 6.45) is 9.86. The number of hydrogen-bond donors (Lipinski definition) is 0. The molecule has 0 spiro atoms. The average Bonchev–Trinajstić information content (AvgIpc) is 2.67. The smallest absolute Gasteiger partial charge is 0.246 e. The molecule has 1 amide bonds. The van der Waals surface area contributed by atoms with Crippen LogP contribution >= 0.6 is 0 Å². The number of methoxy groups -OCH3 is 1. The molecule has 0 atom stereocenters. The molecule has 3 rings (SSSR count). The van der Waals surface area contributed by atoms with Crippen LogP contribution in [0.15, 0.2) is 60.9 Å². The van der Waals surface area contributed by atoms with Crippen molar-refractivity contribution in [3.63, 3.8) is 0 Å². The third-order valence-corrected chi connectivity index (χ3v) is 4.08. The number of carbonyl (C=O) groups is 1. The maximum absolute atomic E-state index is 12.3. The van der Waals surface area contributed by atoms with E-state index in [0.717, 1.165) is 24.3 Å². The minimum atomic E-state index is 0.0314. The van der Waals surface area contributed by atoms with Crippen molar-refractivity contribution in [3.8, 4) is 5.75 Å². The Kier molecular flexibility index (Phi) is 5.06. The van der Waals surface area contributed by atoms with E-state index in [9.17, 15) is 4.79 Å². The topological polar surface area (TPSA) is 42.4 Å². The van der Waals surface area contributed by atoms with Gasteiger partial charge in [0.05, 0.1) is 7.11 Å². The lowest BCUT2D eigenvalue weighted by Gasteiger charge is -2.25. The van der Waals surface area contributed by atoms with Crippen LogP contribution in [0.2, 0.25) is 0 Å². The first-order valence-electron chi connectivity index (χ1n) is 7.97. The van der Waals surface area contributed by atoms with Crippen molar-refractivity contribution in [3.05, 3.63) is 72.1 Å². The van der Waals surface area contributed by atoms with Gasteiger partial charge in [0.1, 0.15) is 5.75 Å². The lowest BCUT2D eigenvalue weighted by atomic mass is 9.99. The van der Waals surface area contributed by atoms with Crippen LogP contribution in [0.4, 0.5) is 0 Å². The third-order valence-electron chi connectivity index (χ3n) is 4.08. The zero-order chi connectivity index (χ0) is 16.8. The number of ether oxygens (including phenoxy) is 1. The maximum atomic E-state index is 12.3. The first-order chi connectivity index (χ1) is 11.8. The molecule has 4 nitrogen and oxygen atoms in total. The predicted molar refractivity (Wildman–Crippen MR) is 95.4 cm³/mol. The molecule has 0 saturated carbocycles. The van der Waals surface area contributed by atoms with E-state index in [1.54, 1.807) is 31.7 Å². The quantitative estimate of drug-likeness (QED) is 0.811. The van der Waals surface area contributed by atoms with Gasteiger partial charge in [-0.25, -0.2) is 0 Å². The summed E-state index contributed by atoms with van der Waals surface area (Å²) in [7, 11) is 1.66. The van der Waals surface area contributed by atoms with Crippen LogP contribution in [0.3, 0.4) is 0 Å². The van der Waals surface area contributed by atoms with Crippen LogP contribution in [0.1, 0.15) is 17.5 Å². The summed E-state index contributed by atoms with van der Waals surface area (Å²) in [5.41, 5.74) is 3.39. The average molecular weight is 320 g/mol. The molecule has 2 aromatic rings. The lowest BCUT2D eigenvalue weighted by molar-refractivity contribution is -0.125. The molecule has 24 heavy (non-hydrogen) atoms. The lowest BCUT2D eigenvalue weighted by Crippen LogP contribution is -2.33. The van der Waals surface area contributed by atoms with Gasteiger partial charge < -0.3 is 9.64 Å². The van der Waals surface area contributed by atoms with Crippen molar-refractivity contribution in [1.29, 1.82) is 0 Å². The van der Waals surface area contributed by atoms with E-state index >= 15 is 0 Å². The van der Waals surface area contributed by atoms with Gasteiger partial charge in [-0.3, -0.25) is 9.78 Å². The molecule has 1 aromatic heterocycles. The van der Waals surface area contributed by atoms with Crippen LogP contribution in [-0.2, 0) is 4.79 Å². The molecule has 1 aliphatic rings. The minimum absolute atomic E-state index is 0.0314. The fraction of sp³-hybridized carbons (Fsp3) is 0.200. The van der Waals surface area contributed by atoms with E-state index in [1.807, 2.05) is 29.2 Å². The molecule has 1 aromatic carbocycles. The SMILES string of the molecule is COc1ccc(C2=CCN(C(=O)/C=C/c3cccnc3)CC2)cc1. The first kappa shape index (κ1) is 16.0. The van der Waals surface area contributed by atoms with Gasteiger partial charge in [-0.1, -0.05) is 24.3 Å². The standard InChI is InChI=1S/C20H20N2O2/c1-24-19-7-5-17(6-8-19)18-10-13-22(14-11-18)20(23)9-4-16-3-2-12-21-15-16/h2-10,12,15H,11,13-14H2,1H3/b9-4+. The fourth-order valence-electron chi connectivity index (χ4n) is 2.68. The molecular weight excluding hydrogens is 300 g/mol. The molecule has 0 fully saturated rings. The minimum Gasteiger partial charge on any atom is -0.497 e. The molecule has 0 unspecified atom stereocenters. The second kappa shape index (κ2) is 7.59. The van der Waals surface area contributed by atoms with Gasteiger partial charge >= 0.3 is 0 Å². The zero-order valence-corrected chi connectivity index (χ0v) is 13.7. The van der Waals surface area contributed by atoms with E-state index in [2.05, 4.69) is 23.2 Å². The number of benzene rings is 1. The molecule has 122 valence electrons. The van der Waals surface area contributed by atoms with Crippen molar-refractivity contribution in [2.75, 3.05) is 20.2 Å². The van der Waals surface area contributed by atoms with E-state index in [0.29, 0.717) is 6.54 Å². The van der Waals surface area contributed by atoms with Crippen molar-refractivity contribution >= 4 is 17.6 Å².